The number of amides is 2. The van der Waals surface area contributed by atoms with Crippen LogP contribution in [0, 0.1) is 12.8 Å². The molecular weight excluding hydrogens is 324 g/mol. The van der Waals surface area contributed by atoms with Gasteiger partial charge in [-0.05, 0) is 43.5 Å². The fourth-order valence-corrected chi connectivity index (χ4v) is 3.96. The van der Waals surface area contributed by atoms with Crippen LogP contribution >= 0.6 is 11.3 Å². The van der Waals surface area contributed by atoms with Crippen molar-refractivity contribution >= 4 is 23.2 Å². The van der Waals surface area contributed by atoms with Gasteiger partial charge in [-0.1, -0.05) is 6.92 Å². The Labute approximate surface area is 145 Å². The Bertz CT molecular complexity index is 708. The molecule has 1 aliphatic heterocycles. The zero-order valence-electron chi connectivity index (χ0n) is 14.0. The maximum absolute atomic E-state index is 13.0. The first-order valence-corrected chi connectivity index (χ1v) is 8.99. The highest BCUT2D eigenvalue weighted by Gasteiger charge is 2.32. The molecule has 0 saturated carbocycles. The van der Waals surface area contributed by atoms with E-state index in [-0.39, 0.29) is 17.7 Å². The lowest BCUT2D eigenvalue weighted by Crippen LogP contribution is -2.51. The summed E-state index contributed by atoms with van der Waals surface area (Å²) in [5.74, 6) is 0.878. The van der Waals surface area contributed by atoms with Gasteiger partial charge < -0.3 is 14.6 Å². The molecule has 0 aliphatic carbocycles. The molecule has 0 bridgehead atoms. The standard InChI is InChI=1S/C18H22N2O3S/c1-12-8-16(19-17(21)9-12)18(22)20(10-14-4-3-7-23-14)11-15-6-5-13(2)24-15/h3-7,12,16H,8-11H2,1-2H3,(H,19,21)/t12-,16-/m0/s1. The maximum Gasteiger partial charge on any atom is 0.245 e. The third-order valence-corrected chi connectivity index (χ3v) is 5.17. The second-order valence-corrected chi connectivity index (χ2v) is 7.82. The molecule has 2 atom stereocenters. The minimum atomic E-state index is -0.447. The number of furan rings is 1. The van der Waals surface area contributed by atoms with Gasteiger partial charge in [0.25, 0.3) is 0 Å². The van der Waals surface area contributed by atoms with Crippen molar-refractivity contribution < 1.29 is 14.0 Å². The Hall–Kier alpha value is -2.08. The van der Waals surface area contributed by atoms with Crippen molar-refractivity contribution in [2.75, 3.05) is 0 Å². The minimum Gasteiger partial charge on any atom is -0.467 e. The fraction of sp³-hybridized carbons (Fsp3) is 0.444. The summed E-state index contributed by atoms with van der Waals surface area (Å²) in [7, 11) is 0. The highest BCUT2D eigenvalue weighted by Crippen LogP contribution is 2.22. The van der Waals surface area contributed by atoms with E-state index in [1.54, 1.807) is 22.5 Å². The number of piperidine rings is 1. The predicted molar refractivity (Wildman–Crippen MR) is 92.3 cm³/mol. The lowest BCUT2D eigenvalue weighted by Gasteiger charge is -2.31. The third kappa shape index (κ3) is 4.06. The number of aryl methyl sites for hydroxylation is 1. The number of hydrogen-bond donors (Lipinski definition) is 1. The quantitative estimate of drug-likeness (QED) is 0.905. The molecule has 5 nitrogen and oxygen atoms in total. The van der Waals surface area contributed by atoms with Crippen LogP contribution < -0.4 is 5.32 Å². The van der Waals surface area contributed by atoms with E-state index in [4.69, 9.17) is 4.42 Å². The normalized spacial score (nSPS) is 20.7. The summed E-state index contributed by atoms with van der Waals surface area (Å²) in [4.78, 5) is 28.9. The topological polar surface area (TPSA) is 62.6 Å². The SMILES string of the molecule is Cc1ccc(CN(Cc2ccco2)C(=O)[C@@H]2C[C@H](C)CC(=O)N2)s1. The Kier molecular flexibility index (Phi) is 5.04. The average Bonchev–Trinajstić information content (AvgIpc) is 3.17. The number of nitrogens with zero attached hydrogens (tertiary/aromatic N) is 1. The van der Waals surface area contributed by atoms with Crippen LogP contribution in [0.15, 0.2) is 34.9 Å². The van der Waals surface area contributed by atoms with E-state index in [1.165, 1.54) is 4.88 Å². The van der Waals surface area contributed by atoms with Gasteiger partial charge in [0.2, 0.25) is 11.8 Å². The molecule has 24 heavy (non-hydrogen) atoms. The molecule has 128 valence electrons. The van der Waals surface area contributed by atoms with Gasteiger partial charge >= 0.3 is 0 Å². The number of rotatable bonds is 5. The van der Waals surface area contributed by atoms with Crippen molar-refractivity contribution in [2.45, 2.75) is 45.8 Å². The van der Waals surface area contributed by atoms with Crippen molar-refractivity contribution in [1.29, 1.82) is 0 Å². The Morgan fingerprint density at radius 3 is 2.83 bits per heavy atom. The Balaban J connectivity index is 1.77. The maximum atomic E-state index is 13.0. The predicted octanol–water partition coefficient (Wildman–Crippen LogP) is 3.09. The smallest absolute Gasteiger partial charge is 0.245 e. The molecule has 1 fully saturated rings. The molecule has 0 radical (unpaired) electrons. The van der Waals surface area contributed by atoms with Crippen molar-refractivity contribution in [3.05, 3.63) is 46.0 Å². The lowest BCUT2D eigenvalue weighted by molar-refractivity contribution is -0.140. The van der Waals surface area contributed by atoms with Gasteiger partial charge in [0.15, 0.2) is 0 Å². The van der Waals surface area contributed by atoms with E-state index in [2.05, 4.69) is 18.3 Å². The molecule has 3 heterocycles. The third-order valence-electron chi connectivity index (χ3n) is 4.19. The highest BCUT2D eigenvalue weighted by atomic mass is 32.1. The van der Waals surface area contributed by atoms with E-state index >= 15 is 0 Å². The summed E-state index contributed by atoms with van der Waals surface area (Å²) in [6.45, 7) is 5.00. The Morgan fingerprint density at radius 2 is 2.21 bits per heavy atom. The molecule has 2 amide bonds. The van der Waals surface area contributed by atoms with Crippen molar-refractivity contribution in [2.24, 2.45) is 5.92 Å². The minimum absolute atomic E-state index is 0.0441. The van der Waals surface area contributed by atoms with E-state index < -0.39 is 6.04 Å². The number of nitrogens with one attached hydrogen (secondary N) is 1. The second-order valence-electron chi connectivity index (χ2n) is 6.45. The first-order chi connectivity index (χ1) is 11.5. The number of carbonyl (C=O) groups excluding carboxylic acids is 2. The molecule has 2 aromatic heterocycles. The molecule has 6 heteroatoms. The molecule has 3 rings (SSSR count). The molecule has 1 N–H and O–H groups in total. The van der Waals surface area contributed by atoms with Crippen molar-refractivity contribution in [3.8, 4) is 0 Å². The van der Waals surface area contributed by atoms with Gasteiger partial charge in [-0.25, -0.2) is 0 Å². The van der Waals surface area contributed by atoms with Crippen molar-refractivity contribution in [3.63, 3.8) is 0 Å². The van der Waals surface area contributed by atoms with Crippen LogP contribution in [-0.2, 0) is 22.7 Å². The molecular formula is C18H22N2O3S. The summed E-state index contributed by atoms with van der Waals surface area (Å²) < 4.78 is 5.41. The average molecular weight is 346 g/mol. The number of hydrogen-bond acceptors (Lipinski definition) is 4. The van der Waals surface area contributed by atoms with Gasteiger partial charge in [-0.2, -0.15) is 0 Å². The fourth-order valence-electron chi connectivity index (χ4n) is 3.06. The van der Waals surface area contributed by atoms with Crippen LogP contribution in [-0.4, -0.2) is 22.8 Å². The first kappa shape index (κ1) is 16.8. The summed E-state index contributed by atoms with van der Waals surface area (Å²) in [5.41, 5.74) is 0. The van der Waals surface area contributed by atoms with Crippen LogP contribution in [0.1, 0.15) is 35.3 Å². The van der Waals surface area contributed by atoms with Crippen LogP contribution in [0.2, 0.25) is 0 Å². The monoisotopic (exact) mass is 346 g/mol. The van der Waals surface area contributed by atoms with Crippen molar-refractivity contribution in [1.82, 2.24) is 10.2 Å². The van der Waals surface area contributed by atoms with Gasteiger partial charge in [-0.3, -0.25) is 9.59 Å². The summed E-state index contributed by atoms with van der Waals surface area (Å²) >= 11 is 1.68. The zero-order valence-corrected chi connectivity index (χ0v) is 14.8. The molecule has 1 saturated heterocycles. The van der Waals surface area contributed by atoms with Gasteiger partial charge in [0.1, 0.15) is 11.8 Å². The molecule has 0 spiro atoms. The molecule has 0 unspecified atom stereocenters. The number of thiophene rings is 1. The largest absolute Gasteiger partial charge is 0.467 e. The van der Waals surface area contributed by atoms with Crippen LogP contribution in [0.3, 0.4) is 0 Å². The summed E-state index contributed by atoms with van der Waals surface area (Å²) in [6.07, 6.45) is 2.78. The van der Waals surface area contributed by atoms with Crippen LogP contribution in [0.25, 0.3) is 0 Å². The van der Waals surface area contributed by atoms with E-state index in [0.717, 1.165) is 10.6 Å². The summed E-state index contributed by atoms with van der Waals surface area (Å²) in [6, 6.07) is 7.34. The highest BCUT2D eigenvalue weighted by molar-refractivity contribution is 7.11. The van der Waals surface area contributed by atoms with Crippen LogP contribution in [0.5, 0.6) is 0 Å². The first-order valence-electron chi connectivity index (χ1n) is 8.17. The van der Waals surface area contributed by atoms with E-state index in [1.807, 2.05) is 25.1 Å². The number of carbonyl (C=O) groups is 2. The molecule has 0 aromatic carbocycles. The summed E-state index contributed by atoms with van der Waals surface area (Å²) in [5, 5.41) is 2.84. The van der Waals surface area contributed by atoms with Gasteiger partial charge in [0, 0.05) is 16.2 Å². The van der Waals surface area contributed by atoms with Crippen LogP contribution in [0.4, 0.5) is 0 Å². The van der Waals surface area contributed by atoms with Gasteiger partial charge in [-0.15, -0.1) is 11.3 Å². The molecule has 1 aliphatic rings. The van der Waals surface area contributed by atoms with E-state index in [9.17, 15) is 9.59 Å². The lowest BCUT2D eigenvalue weighted by atomic mass is 9.93. The zero-order chi connectivity index (χ0) is 17.1. The Morgan fingerprint density at radius 1 is 1.38 bits per heavy atom. The van der Waals surface area contributed by atoms with E-state index in [0.29, 0.717) is 25.9 Å². The molecule has 2 aromatic rings. The van der Waals surface area contributed by atoms with Gasteiger partial charge in [0.05, 0.1) is 19.4 Å². The second kappa shape index (κ2) is 7.21.